The number of aryl methyl sites for hydroxylation is 1. The summed E-state index contributed by atoms with van der Waals surface area (Å²) in [5.74, 6) is -1.52. The molecule has 4 rings (SSSR count). The summed E-state index contributed by atoms with van der Waals surface area (Å²) >= 11 is 0. The Morgan fingerprint density at radius 2 is 1.78 bits per heavy atom. The van der Waals surface area contributed by atoms with Crippen LogP contribution in [0.3, 0.4) is 0 Å². The number of phenols is 1. The van der Waals surface area contributed by atoms with Gasteiger partial charge in [0.2, 0.25) is 17.7 Å². The third-order valence-corrected chi connectivity index (χ3v) is 7.77. The number of likely N-dealkylation sites (N-methyl/N-ethyl adjacent to an activating group) is 1. The number of fused-ring (bicyclic) bond motifs is 1. The minimum Gasteiger partial charge on any atom is -0.504 e. The number of phenolic OH excluding ortho intramolecular Hbond substituents is 1. The standard InChI is InChI=1S/C30H39FN4O6/c1-18-17-33-26(30(40)13-14-30)29(39)35(3)19(2)27(37)34-23(16-20-9-11-22(31)12-10-20)28(38)32-15-5-7-21-6-4-8-24(36)25(21)41-18/h4,6,8-12,18-19,23,26,33,36,40H,5,7,13-17H2,1-3H3,(H,32,38)(H,34,37)/t18-,19-,23-,26-/m1/s1. The summed E-state index contributed by atoms with van der Waals surface area (Å²) < 4.78 is 19.5. The van der Waals surface area contributed by atoms with Crippen molar-refractivity contribution >= 4 is 17.7 Å². The maximum absolute atomic E-state index is 13.5. The topological polar surface area (TPSA) is 140 Å². The predicted octanol–water partition coefficient (Wildman–Crippen LogP) is 1.42. The Labute approximate surface area is 239 Å². The third kappa shape index (κ3) is 7.53. The normalized spacial score (nSPS) is 26.1. The van der Waals surface area contributed by atoms with E-state index in [2.05, 4.69) is 16.0 Å². The van der Waals surface area contributed by atoms with Gasteiger partial charge in [0.15, 0.2) is 11.5 Å². The zero-order chi connectivity index (χ0) is 29.7. The highest BCUT2D eigenvalue weighted by Crippen LogP contribution is 2.39. The Morgan fingerprint density at radius 3 is 2.46 bits per heavy atom. The molecule has 0 unspecified atom stereocenters. The van der Waals surface area contributed by atoms with E-state index in [-0.39, 0.29) is 18.7 Å². The Balaban J connectivity index is 1.61. The number of hydrogen-bond donors (Lipinski definition) is 5. The van der Waals surface area contributed by atoms with Gasteiger partial charge in [0.05, 0.1) is 5.60 Å². The molecule has 1 heterocycles. The molecule has 2 aliphatic rings. The fourth-order valence-electron chi connectivity index (χ4n) is 4.90. The van der Waals surface area contributed by atoms with Crippen molar-refractivity contribution in [1.29, 1.82) is 0 Å². The van der Waals surface area contributed by atoms with E-state index in [0.29, 0.717) is 43.5 Å². The van der Waals surface area contributed by atoms with Crippen LogP contribution < -0.4 is 20.7 Å². The highest BCUT2D eigenvalue weighted by molar-refractivity contribution is 5.93. The van der Waals surface area contributed by atoms with Crippen LogP contribution in [-0.4, -0.2) is 82.8 Å². The highest BCUT2D eigenvalue weighted by atomic mass is 19.1. The molecule has 1 aliphatic carbocycles. The van der Waals surface area contributed by atoms with Crippen LogP contribution in [0.4, 0.5) is 4.39 Å². The van der Waals surface area contributed by atoms with E-state index in [1.54, 1.807) is 32.0 Å². The van der Waals surface area contributed by atoms with Crippen LogP contribution in [0.25, 0.3) is 0 Å². The summed E-state index contributed by atoms with van der Waals surface area (Å²) in [5, 5.41) is 30.2. The van der Waals surface area contributed by atoms with Crippen molar-refractivity contribution in [2.45, 2.75) is 75.8 Å². The summed E-state index contributed by atoms with van der Waals surface area (Å²) in [6, 6.07) is 7.87. The van der Waals surface area contributed by atoms with Gasteiger partial charge in [-0.1, -0.05) is 24.3 Å². The van der Waals surface area contributed by atoms with Crippen molar-refractivity contribution < 1.29 is 33.7 Å². The number of halogens is 1. The first kappa shape index (κ1) is 30.3. The van der Waals surface area contributed by atoms with Gasteiger partial charge >= 0.3 is 0 Å². The number of aromatic hydroxyl groups is 1. The summed E-state index contributed by atoms with van der Waals surface area (Å²) in [5.41, 5.74) is 0.167. The smallest absolute Gasteiger partial charge is 0.243 e. The molecular formula is C30H39FN4O6. The van der Waals surface area contributed by atoms with Crippen molar-refractivity contribution in [2.24, 2.45) is 0 Å². The number of carbonyl (C=O) groups is 3. The maximum atomic E-state index is 13.5. The first-order valence-corrected chi connectivity index (χ1v) is 14.0. The Kier molecular flexibility index (Phi) is 9.49. The number of ether oxygens (including phenoxy) is 1. The van der Waals surface area contributed by atoms with E-state index in [0.717, 1.165) is 5.56 Å². The number of amides is 3. The molecule has 222 valence electrons. The fraction of sp³-hybridized carbons (Fsp3) is 0.500. The van der Waals surface area contributed by atoms with Crippen LogP contribution in [0, 0.1) is 5.82 Å². The summed E-state index contributed by atoms with van der Waals surface area (Å²) in [4.78, 5) is 41.3. The summed E-state index contributed by atoms with van der Waals surface area (Å²) in [7, 11) is 1.48. The molecule has 1 saturated carbocycles. The van der Waals surface area contributed by atoms with Crippen LogP contribution in [0.1, 0.15) is 44.2 Å². The molecule has 4 atom stereocenters. The fourth-order valence-corrected chi connectivity index (χ4v) is 4.90. The molecule has 11 heteroatoms. The molecule has 0 bridgehead atoms. The van der Waals surface area contributed by atoms with Crippen LogP contribution in [0.15, 0.2) is 42.5 Å². The molecule has 2 aromatic carbocycles. The number of benzene rings is 2. The SMILES string of the molecule is C[C@@H]1CN[C@@H](C2(O)CC2)C(=O)N(C)[C@H](C)C(=O)N[C@H](Cc2ccc(F)cc2)C(=O)NCCCc2cccc(O)c2O1. The van der Waals surface area contributed by atoms with Gasteiger partial charge in [-0.3, -0.25) is 19.7 Å². The minimum absolute atomic E-state index is 0.0168. The van der Waals surface area contributed by atoms with Crippen LogP contribution in [-0.2, 0) is 27.2 Å². The van der Waals surface area contributed by atoms with Gasteiger partial charge in [0.1, 0.15) is 30.0 Å². The van der Waals surface area contributed by atoms with E-state index in [9.17, 15) is 29.0 Å². The molecule has 1 fully saturated rings. The van der Waals surface area contributed by atoms with Gasteiger partial charge in [0, 0.05) is 26.6 Å². The highest BCUT2D eigenvalue weighted by Gasteiger charge is 2.52. The lowest BCUT2D eigenvalue weighted by Gasteiger charge is -2.32. The molecule has 0 saturated heterocycles. The molecule has 3 amide bonds. The van der Waals surface area contributed by atoms with Gasteiger partial charge in [-0.05, 0) is 68.9 Å². The lowest BCUT2D eigenvalue weighted by atomic mass is 10.0. The molecule has 0 radical (unpaired) electrons. The van der Waals surface area contributed by atoms with E-state index in [4.69, 9.17) is 4.74 Å². The number of hydrogen-bond acceptors (Lipinski definition) is 7. The molecule has 10 nitrogen and oxygen atoms in total. The number of carbonyl (C=O) groups excluding carboxylic acids is 3. The van der Waals surface area contributed by atoms with Gasteiger partial charge in [-0.25, -0.2) is 4.39 Å². The lowest BCUT2D eigenvalue weighted by molar-refractivity contribution is -0.143. The summed E-state index contributed by atoms with van der Waals surface area (Å²) in [6.07, 6.45) is 1.57. The second-order valence-electron chi connectivity index (χ2n) is 11.1. The molecule has 5 N–H and O–H groups in total. The van der Waals surface area contributed by atoms with Crippen molar-refractivity contribution in [3.63, 3.8) is 0 Å². The van der Waals surface area contributed by atoms with Crippen molar-refractivity contribution in [3.05, 3.63) is 59.4 Å². The second-order valence-corrected chi connectivity index (χ2v) is 11.1. The number of para-hydroxylation sites is 1. The Hall–Kier alpha value is -3.70. The average molecular weight is 571 g/mol. The first-order valence-electron chi connectivity index (χ1n) is 14.0. The van der Waals surface area contributed by atoms with Crippen molar-refractivity contribution in [1.82, 2.24) is 20.9 Å². The number of nitrogens with one attached hydrogen (secondary N) is 3. The molecular weight excluding hydrogens is 531 g/mol. The van der Waals surface area contributed by atoms with Crippen LogP contribution >= 0.6 is 0 Å². The van der Waals surface area contributed by atoms with Crippen LogP contribution in [0.5, 0.6) is 11.5 Å². The van der Waals surface area contributed by atoms with Gasteiger partial charge in [-0.2, -0.15) is 0 Å². The van der Waals surface area contributed by atoms with E-state index >= 15 is 0 Å². The lowest BCUT2D eigenvalue weighted by Crippen LogP contribution is -2.59. The first-order chi connectivity index (χ1) is 19.5. The van der Waals surface area contributed by atoms with E-state index in [1.165, 1.54) is 30.1 Å². The number of aliphatic hydroxyl groups is 1. The molecule has 0 spiro atoms. The van der Waals surface area contributed by atoms with E-state index < -0.39 is 53.4 Å². The molecule has 1 aliphatic heterocycles. The predicted molar refractivity (Wildman–Crippen MR) is 150 cm³/mol. The average Bonchev–Trinajstić information content (AvgIpc) is 3.69. The van der Waals surface area contributed by atoms with Gasteiger partial charge in [-0.15, -0.1) is 0 Å². The van der Waals surface area contributed by atoms with Gasteiger partial charge < -0.3 is 30.5 Å². The largest absolute Gasteiger partial charge is 0.504 e. The monoisotopic (exact) mass is 570 g/mol. The van der Waals surface area contributed by atoms with Crippen molar-refractivity contribution in [2.75, 3.05) is 20.1 Å². The molecule has 41 heavy (non-hydrogen) atoms. The summed E-state index contributed by atoms with van der Waals surface area (Å²) in [6.45, 7) is 3.85. The zero-order valence-electron chi connectivity index (χ0n) is 23.7. The zero-order valence-corrected chi connectivity index (χ0v) is 23.7. The molecule has 0 aromatic heterocycles. The minimum atomic E-state index is -1.24. The van der Waals surface area contributed by atoms with Gasteiger partial charge in [0.25, 0.3) is 0 Å². The third-order valence-electron chi connectivity index (χ3n) is 7.77. The van der Waals surface area contributed by atoms with E-state index in [1.807, 2.05) is 6.07 Å². The van der Waals surface area contributed by atoms with Crippen molar-refractivity contribution in [3.8, 4) is 11.5 Å². The number of nitrogens with zero attached hydrogens (tertiary/aromatic N) is 1. The number of rotatable bonds is 3. The second kappa shape index (κ2) is 12.9. The van der Waals surface area contributed by atoms with Crippen LogP contribution in [0.2, 0.25) is 0 Å². The maximum Gasteiger partial charge on any atom is 0.243 e. The molecule has 2 aromatic rings. The quantitative estimate of drug-likeness (QED) is 0.376. The Bertz CT molecular complexity index is 1250. The Morgan fingerprint density at radius 1 is 1.07 bits per heavy atom.